The lowest BCUT2D eigenvalue weighted by atomic mass is 9.95. The summed E-state index contributed by atoms with van der Waals surface area (Å²) in [5, 5.41) is 0. The van der Waals surface area contributed by atoms with Gasteiger partial charge in [0.2, 0.25) is 0 Å². The number of nitrogens with two attached hydrogens (primary N) is 1. The molecule has 2 N–H and O–H groups in total. The molecule has 0 aliphatic carbocycles. The van der Waals surface area contributed by atoms with Crippen molar-refractivity contribution < 1.29 is 33.3 Å². The molecule has 0 radical (unpaired) electrons. The fourth-order valence-electron chi connectivity index (χ4n) is 4.66. The largest absolute Gasteiger partial charge is 0.459 e. The standard InChI is InChI=1S/C31H27N3O8/c1-31(42-28(37)22-15-9-4-10-16-22)25(41-27(36)21-13-7-3-8-14-21)23(19-39-26(35)20-11-5-2-6-12-20)40-29(31)34-18-17-24(32)33-30(34)38/h2-18,23,25,29H,19H2,1H3,(H2,32,33,38)/t23-,25+,29+,31-/m1/s1. The van der Waals surface area contributed by atoms with Crippen LogP contribution < -0.4 is 11.4 Å². The second-order valence-electron chi connectivity index (χ2n) is 9.66. The molecule has 2 heterocycles. The van der Waals surface area contributed by atoms with Crippen LogP contribution in [0.5, 0.6) is 0 Å². The van der Waals surface area contributed by atoms with E-state index in [1.165, 1.54) is 19.2 Å². The van der Waals surface area contributed by atoms with Crippen molar-refractivity contribution in [1.29, 1.82) is 0 Å². The first-order valence-corrected chi connectivity index (χ1v) is 13.0. The van der Waals surface area contributed by atoms with E-state index < -0.39 is 54.2 Å². The van der Waals surface area contributed by atoms with Gasteiger partial charge in [0.25, 0.3) is 0 Å². The highest BCUT2D eigenvalue weighted by molar-refractivity contribution is 5.91. The van der Waals surface area contributed by atoms with E-state index in [-0.39, 0.29) is 16.9 Å². The van der Waals surface area contributed by atoms with Crippen molar-refractivity contribution in [3.05, 3.63) is 130 Å². The number of nitrogens with zero attached hydrogens (tertiary/aromatic N) is 2. The number of rotatable bonds is 8. The minimum absolute atomic E-state index is 0.0300. The lowest BCUT2D eigenvalue weighted by molar-refractivity contribution is -0.111. The monoisotopic (exact) mass is 569 g/mol. The Morgan fingerprint density at radius 3 is 1.90 bits per heavy atom. The van der Waals surface area contributed by atoms with E-state index in [0.717, 1.165) is 4.57 Å². The molecule has 1 aromatic heterocycles. The zero-order valence-corrected chi connectivity index (χ0v) is 22.5. The van der Waals surface area contributed by atoms with Gasteiger partial charge in [-0.05, 0) is 49.4 Å². The van der Waals surface area contributed by atoms with Crippen LogP contribution in [0.3, 0.4) is 0 Å². The van der Waals surface area contributed by atoms with Crippen molar-refractivity contribution in [1.82, 2.24) is 9.55 Å². The summed E-state index contributed by atoms with van der Waals surface area (Å²) in [6.45, 7) is 1.08. The number of nitrogen functional groups attached to an aromatic ring is 1. The molecule has 0 spiro atoms. The average molecular weight is 570 g/mol. The van der Waals surface area contributed by atoms with Gasteiger partial charge in [-0.3, -0.25) is 4.57 Å². The Kier molecular flexibility index (Phi) is 8.12. The van der Waals surface area contributed by atoms with E-state index in [1.54, 1.807) is 91.0 Å². The van der Waals surface area contributed by atoms with Gasteiger partial charge in [0.15, 0.2) is 17.9 Å². The Bertz CT molecular complexity index is 1630. The smallest absolute Gasteiger partial charge is 0.351 e. The molecule has 214 valence electrons. The molecule has 1 aliphatic rings. The minimum Gasteiger partial charge on any atom is -0.459 e. The molecule has 4 atom stereocenters. The number of hydrogen-bond acceptors (Lipinski definition) is 10. The summed E-state index contributed by atoms with van der Waals surface area (Å²) in [4.78, 5) is 56.1. The highest BCUT2D eigenvalue weighted by Crippen LogP contribution is 2.43. The quantitative estimate of drug-likeness (QED) is 0.247. The lowest BCUT2D eigenvalue weighted by Gasteiger charge is -2.34. The predicted molar refractivity (Wildman–Crippen MR) is 149 cm³/mol. The number of aromatic nitrogens is 2. The maximum atomic E-state index is 13.4. The van der Waals surface area contributed by atoms with Crippen molar-refractivity contribution in [2.75, 3.05) is 12.3 Å². The molecule has 11 nitrogen and oxygen atoms in total. The molecule has 0 saturated carbocycles. The fraction of sp³-hybridized carbons (Fsp3) is 0.194. The minimum atomic E-state index is -1.80. The molecule has 1 aliphatic heterocycles. The van der Waals surface area contributed by atoms with Gasteiger partial charge >= 0.3 is 23.6 Å². The third kappa shape index (κ3) is 5.91. The summed E-state index contributed by atoms with van der Waals surface area (Å²) in [5.41, 5.74) is 3.83. The lowest BCUT2D eigenvalue weighted by Crippen LogP contribution is -2.51. The van der Waals surface area contributed by atoms with Gasteiger partial charge < -0.3 is 24.7 Å². The van der Waals surface area contributed by atoms with E-state index in [4.69, 9.17) is 24.7 Å². The summed E-state index contributed by atoms with van der Waals surface area (Å²) < 4.78 is 24.7. The molecule has 0 bridgehead atoms. The van der Waals surface area contributed by atoms with Crippen molar-refractivity contribution in [2.45, 2.75) is 31.0 Å². The van der Waals surface area contributed by atoms with Crippen molar-refractivity contribution in [3.8, 4) is 0 Å². The predicted octanol–water partition coefficient (Wildman–Crippen LogP) is 3.42. The number of ether oxygens (including phenoxy) is 4. The maximum absolute atomic E-state index is 13.4. The van der Waals surface area contributed by atoms with Crippen molar-refractivity contribution >= 4 is 23.7 Å². The molecule has 11 heteroatoms. The number of benzene rings is 3. The average Bonchev–Trinajstić information content (AvgIpc) is 3.27. The zero-order chi connectivity index (χ0) is 29.7. The van der Waals surface area contributed by atoms with E-state index in [2.05, 4.69) is 4.98 Å². The molecule has 0 unspecified atom stereocenters. The molecule has 0 amide bonds. The van der Waals surface area contributed by atoms with Crippen molar-refractivity contribution in [3.63, 3.8) is 0 Å². The Morgan fingerprint density at radius 1 is 0.833 bits per heavy atom. The fourth-order valence-corrected chi connectivity index (χ4v) is 4.66. The number of carbonyl (C=O) groups is 3. The normalized spacial score (nSPS) is 21.3. The highest BCUT2D eigenvalue weighted by Gasteiger charge is 2.60. The summed E-state index contributed by atoms with van der Waals surface area (Å²) in [6, 6.07) is 26.0. The molecule has 1 fully saturated rings. The molecule has 3 aromatic carbocycles. The second-order valence-corrected chi connectivity index (χ2v) is 9.66. The van der Waals surface area contributed by atoms with Gasteiger partial charge in [0, 0.05) is 6.20 Å². The topological polar surface area (TPSA) is 149 Å². The molecule has 5 rings (SSSR count). The van der Waals surface area contributed by atoms with Gasteiger partial charge in [-0.15, -0.1) is 0 Å². The Balaban J connectivity index is 1.54. The summed E-state index contributed by atoms with van der Waals surface area (Å²) in [7, 11) is 0. The third-order valence-corrected chi connectivity index (χ3v) is 6.75. The number of carbonyl (C=O) groups excluding carboxylic acids is 3. The van der Waals surface area contributed by atoms with Gasteiger partial charge in [-0.2, -0.15) is 4.98 Å². The second kappa shape index (κ2) is 12.1. The van der Waals surface area contributed by atoms with Crippen LogP contribution >= 0.6 is 0 Å². The molecule has 4 aromatic rings. The molecule has 42 heavy (non-hydrogen) atoms. The maximum Gasteiger partial charge on any atom is 0.351 e. The first-order valence-electron chi connectivity index (χ1n) is 13.0. The highest BCUT2D eigenvalue weighted by atomic mass is 16.7. The first-order chi connectivity index (χ1) is 20.3. The van der Waals surface area contributed by atoms with E-state index >= 15 is 0 Å². The van der Waals surface area contributed by atoms with Gasteiger partial charge in [0.05, 0.1) is 16.7 Å². The van der Waals surface area contributed by atoms with Gasteiger partial charge in [0.1, 0.15) is 18.5 Å². The van der Waals surface area contributed by atoms with E-state index in [1.807, 2.05) is 0 Å². The molecule has 1 saturated heterocycles. The SMILES string of the molecule is C[C@]1(OC(=O)c2ccccc2)[C@@H](n2ccc(N)nc2=O)O[C@H](COC(=O)c2ccccc2)[C@@H]1OC(=O)c1ccccc1. The Labute approximate surface area is 240 Å². The summed E-state index contributed by atoms with van der Waals surface area (Å²) in [6.07, 6.45) is -2.51. The van der Waals surface area contributed by atoms with Crippen LogP contribution in [0.1, 0.15) is 44.2 Å². The summed E-state index contributed by atoms with van der Waals surface area (Å²) >= 11 is 0. The van der Waals surface area contributed by atoms with Crippen LogP contribution in [-0.2, 0) is 18.9 Å². The van der Waals surface area contributed by atoms with Crippen LogP contribution in [0.2, 0.25) is 0 Å². The van der Waals surface area contributed by atoms with Gasteiger partial charge in [-0.1, -0.05) is 54.6 Å². The zero-order valence-electron chi connectivity index (χ0n) is 22.5. The number of hydrogen-bond donors (Lipinski definition) is 1. The van der Waals surface area contributed by atoms with E-state index in [0.29, 0.717) is 5.56 Å². The van der Waals surface area contributed by atoms with Crippen LogP contribution in [0, 0.1) is 0 Å². The molecular weight excluding hydrogens is 542 g/mol. The van der Waals surface area contributed by atoms with Crippen molar-refractivity contribution in [2.24, 2.45) is 0 Å². The van der Waals surface area contributed by atoms with Crippen LogP contribution in [0.25, 0.3) is 0 Å². The van der Waals surface area contributed by atoms with Gasteiger partial charge in [-0.25, -0.2) is 19.2 Å². The first kappa shape index (κ1) is 28.2. The Hall–Kier alpha value is -5.29. The van der Waals surface area contributed by atoms with E-state index in [9.17, 15) is 19.2 Å². The van der Waals surface area contributed by atoms with Crippen LogP contribution in [0.15, 0.2) is 108 Å². The number of anilines is 1. The molecular formula is C31H27N3O8. The summed E-state index contributed by atoms with van der Waals surface area (Å²) in [5.74, 6) is -2.18. The third-order valence-electron chi connectivity index (χ3n) is 6.75. The number of esters is 3. The Morgan fingerprint density at radius 2 is 1.36 bits per heavy atom. The van der Waals surface area contributed by atoms with Crippen LogP contribution in [0.4, 0.5) is 5.82 Å². The van der Waals surface area contributed by atoms with Crippen LogP contribution in [-0.4, -0.2) is 51.9 Å².